The number of likely N-dealkylation sites (tertiary alicyclic amines) is 1. The molecule has 0 radical (unpaired) electrons. The molecule has 1 saturated heterocycles. The number of amides is 1. The summed E-state index contributed by atoms with van der Waals surface area (Å²) in [6, 6.07) is 5.23. The Hall–Kier alpha value is -1.42. The Labute approximate surface area is 94.9 Å². The molecule has 0 saturated carbocycles. The van der Waals surface area contributed by atoms with Gasteiger partial charge in [-0.15, -0.1) is 0 Å². The van der Waals surface area contributed by atoms with E-state index in [1.165, 1.54) is 0 Å². The third-order valence-corrected chi connectivity index (χ3v) is 3.21. The summed E-state index contributed by atoms with van der Waals surface area (Å²) in [7, 11) is 0. The highest BCUT2D eigenvalue weighted by atomic mass is 16.3. The highest BCUT2D eigenvalue weighted by Crippen LogP contribution is 2.24. The number of carbonyl (C=O) groups excluding carboxylic acids is 1. The predicted octanol–water partition coefficient (Wildman–Crippen LogP) is 0.924. The van der Waals surface area contributed by atoms with Gasteiger partial charge in [-0.1, -0.05) is 13.0 Å². The summed E-state index contributed by atoms with van der Waals surface area (Å²) in [5.41, 5.74) is 0.454. The van der Waals surface area contributed by atoms with Crippen LogP contribution in [0.2, 0.25) is 0 Å². The number of hydrogen-bond acceptors (Lipinski definition) is 3. The molecular formula is C12H16N2O2. The van der Waals surface area contributed by atoms with Gasteiger partial charge in [0.05, 0.1) is 12.6 Å². The van der Waals surface area contributed by atoms with E-state index >= 15 is 0 Å². The zero-order valence-corrected chi connectivity index (χ0v) is 9.34. The van der Waals surface area contributed by atoms with Crippen LogP contribution in [0.4, 0.5) is 0 Å². The van der Waals surface area contributed by atoms with E-state index in [1.807, 2.05) is 0 Å². The molecule has 2 atom stereocenters. The SMILES string of the molecule is CC1CCN(C(=O)c2ccccn2)C1CO. The van der Waals surface area contributed by atoms with Crippen LogP contribution < -0.4 is 0 Å². The fraction of sp³-hybridized carbons (Fsp3) is 0.500. The fourth-order valence-corrected chi connectivity index (χ4v) is 2.18. The van der Waals surface area contributed by atoms with Crippen LogP contribution in [0.1, 0.15) is 23.8 Å². The normalized spacial score (nSPS) is 24.8. The Balaban J connectivity index is 2.17. The molecule has 2 rings (SSSR count). The standard InChI is InChI=1S/C12H16N2O2/c1-9-5-7-14(11(9)8-15)12(16)10-4-2-3-6-13-10/h2-4,6,9,11,15H,5,7-8H2,1H3. The van der Waals surface area contributed by atoms with Gasteiger partial charge in [0, 0.05) is 12.7 Å². The number of rotatable bonds is 2. The Morgan fingerprint density at radius 3 is 3.06 bits per heavy atom. The van der Waals surface area contributed by atoms with E-state index in [0.717, 1.165) is 6.42 Å². The molecule has 2 heterocycles. The summed E-state index contributed by atoms with van der Waals surface area (Å²) < 4.78 is 0. The van der Waals surface area contributed by atoms with Crippen LogP contribution in [0.15, 0.2) is 24.4 Å². The van der Waals surface area contributed by atoms with Crippen molar-refractivity contribution in [2.24, 2.45) is 5.92 Å². The van der Waals surface area contributed by atoms with Crippen molar-refractivity contribution >= 4 is 5.91 Å². The van der Waals surface area contributed by atoms with Crippen molar-refractivity contribution in [3.05, 3.63) is 30.1 Å². The number of aliphatic hydroxyl groups is 1. The molecule has 1 aliphatic rings. The number of hydrogen-bond donors (Lipinski definition) is 1. The van der Waals surface area contributed by atoms with Crippen molar-refractivity contribution in [1.29, 1.82) is 0 Å². The van der Waals surface area contributed by atoms with E-state index in [0.29, 0.717) is 18.2 Å². The molecule has 1 fully saturated rings. The third kappa shape index (κ3) is 1.93. The van der Waals surface area contributed by atoms with E-state index in [2.05, 4.69) is 11.9 Å². The average Bonchev–Trinajstić information content (AvgIpc) is 2.70. The number of aromatic nitrogens is 1. The van der Waals surface area contributed by atoms with Crippen molar-refractivity contribution in [3.8, 4) is 0 Å². The first-order valence-electron chi connectivity index (χ1n) is 5.57. The van der Waals surface area contributed by atoms with Gasteiger partial charge in [0.15, 0.2) is 0 Å². The fourth-order valence-electron chi connectivity index (χ4n) is 2.18. The quantitative estimate of drug-likeness (QED) is 0.806. The Bertz CT molecular complexity index is 367. The van der Waals surface area contributed by atoms with Crippen molar-refractivity contribution in [2.45, 2.75) is 19.4 Å². The van der Waals surface area contributed by atoms with E-state index in [9.17, 15) is 9.90 Å². The minimum atomic E-state index is -0.0796. The van der Waals surface area contributed by atoms with Crippen LogP contribution >= 0.6 is 0 Å². The lowest BCUT2D eigenvalue weighted by Crippen LogP contribution is -2.40. The molecule has 4 heteroatoms. The van der Waals surface area contributed by atoms with E-state index in [4.69, 9.17) is 0 Å². The first kappa shape index (κ1) is 11.1. The van der Waals surface area contributed by atoms with E-state index in [1.54, 1.807) is 29.3 Å². The van der Waals surface area contributed by atoms with Crippen molar-refractivity contribution in [2.75, 3.05) is 13.2 Å². The number of carbonyl (C=O) groups is 1. The lowest BCUT2D eigenvalue weighted by molar-refractivity contribution is 0.0642. The summed E-state index contributed by atoms with van der Waals surface area (Å²) in [4.78, 5) is 17.9. The lowest BCUT2D eigenvalue weighted by atomic mass is 10.0. The summed E-state index contributed by atoms with van der Waals surface area (Å²) in [5.74, 6) is 0.279. The minimum Gasteiger partial charge on any atom is -0.394 e. The first-order valence-corrected chi connectivity index (χ1v) is 5.57. The van der Waals surface area contributed by atoms with Crippen LogP contribution in [0.3, 0.4) is 0 Å². The molecule has 4 nitrogen and oxygen atoms in total. The molecule has 2 unspecified atom stereocenters. The van der Waals surface area contributed by atoms with Gasteiger partial charge < -0.3 is 10.0 Å². The molecule has 1 aliphatic heterocycles. The van der Waals surface area contributed by atoms with Crippen LogP contribution in [-0.4, -0.2) is 40.1 Å². The lowest BCUT2D eigenvalue weighted by Gasteiger charge is -2.24. The van der Waals surface area contributed by atoms with Gasteiger partial charge in [0.2, 0.25) is 0 Å². The van der Waals surface area contributed by atoms with Crippen molar-refractivity contribution in [3.63, 3.8) is 0 Å². The maximum Gasteiger partial charge on any atom is 0.272 e. The largest absolute Gasteiger partial charge is 0.394 e. The van der Waals surface area contributed by atoms with Crippen LogP contribution in [0, 0.1) is 5.92 Å². The van der Waals surface area contributed by atoms with Gasteiger partial charge in [-0.05, 0) is 24.5 Å². The van der Waals surface area contributed by atoms with Crippen LogP contribution in [0.25, 0.3) is 0 Å². The number of pyridine rings is 1. The maximum atomic E-state index is 12.1. The molecule has 1 N–H and O–H groups in total. The van der Waals surface area contributed by atoms with Crippen LogP contribution in [0.5, 0.6) is 0 Å². The van der Waals surface area contributed by atoms with Gasteiger partial charge in [-0.2, -0.15) is 0 Å². The predicted molar refractivity (Wildman–Crippen MR) is 59.9 cm³/mol. The van der Waals surface area contributed by atoms with E-state index in [-0.39, 0.29) is 18.6 Å². The average molecular weight is 220 g/mol. The molecule has 86 valence electrons. The van der Waals surface area contributed by atoms with E-state index < -0.39 is 0 Å². The summed E-state index contributed by atoms with van der Waals surface area (Å²) >= 11 is 0. The molecule has 0 bridgehead atoms. The molecule has 1 amide bonds. The molecule has 0 aliphatic carbocycles. The Kier molecular flexibility index (Phi) is 3.19. The van der Waals surface area contributed by atoms with Gasteiger partial charge in [0.25, 0.3) is 5.91 Å². The van der Waals surface area contributed by atoms with Gasteiger partial charge >= 0.3 is 0 Å². The third-order valence-electron chi connectivity index (χ3n) is 3.21. The van der Waals surface area contributed by atoms with Crippen molar-refractivity contribution in [1.82, 2.24) is 9.88 Å². The second-order valence-electron chi connectivity index (χ2n) is 4.23. The highest BCUT2D eigenvalue weighted by molar-refractivity contribution is 5.92. The monoisotopic (exact) mass is 220 g/mol. The highest BCUT2D eigenvalue weighted by Gasteiger charge is 2.34. The minimum absolute atomic E-state index is 0.0275. The first-order chi connectivity index (χ1) is 7.74. The number of nitrogens with zero attached hydrogens (tertiary/aromatic N) is 2. The van der Waals surface area contributed by atoms with Gasteiger partial charge in [-0.3, -0.25) is 9.78 Å². The number of aliphatic hydroxyl groups excluding tert-OH is 1. The Morgan fingerprint density at radius 2 is 2.44 bits per heavy atom. The molecule has 0 spiro atoms. The second-order valence-corrected chi connectivity index (χ2v) is 4.23. The topological polar surface area (TPSA) is 53.4 Å². The smallest absolute Gasteiger partial charge is 0.272 e. The molecule has 1 aromatic heterocycles. The Morgan fingerprint density at radius 1 is 1.62 bits per heavy atom. The summed E-state index contributed by atoms with van der Waals surface area (Å²) in [5, 5.41) is 9.29. The maximum absolute atomic E-state index is 12.1. The summed E-state index contributed by atoms with van der Waals surface area (Å²) in [6.45, 7) is 2.80. The zero-order valence-electron chi connectivity index (χ0n) is 9.34. The molecular weight excluding hydrogens is 204 g/mol. The van der Waals surface area contributed by atoms with Gasteiger partial charge in [-0.25, -0.2) is 0 Å². The zero-order chi connectivity index (χ0) is 11.5. The molecule has 0 aromatic carbocycles. The molecule has 16 heavy (non-hydrogen) atoms. The molecule has 1 aromatic rings. The van der Waals surface area contributed by atoms with Crippen molar-refractivity contribution < 1.29 is 9.90 Å². The van der Waals surface area contributed by atoms with Gasteiger partial charge in [0.1, 0.15) is 5.69 Å². The van der Waals surface area contributed by atoms with Crippen LogP contribution in [-0.2, 0) is 0 Å². The summed E-state index contributed by atoms with van der Waals surface area (Å²) in [6.07, 6.45) is 2.56. The second kappa shape index (κ2) is 4.61.